The number of hydrogen-bond acceptors (Lipinski definition) is 3. The van der Waals surface area contributed by atoms with Crippen molar-refractivity contribution >= 4 is 0 Å². The first-order valence-electron chi connectivity index (χ1n) is 6.21. The summed E-state index contributed by atoms with van der Waals surface area (Å²) >= 11 is 0. The number of piperidine rings is 1. The van der Waals surface area contributed by atoms with Crippen LogP contribution in [0.5, 0.6) is 0 Å². The molecular weight excluding hydrogens is 214 g/mol. The van der Waals surface area contributed by atoms with Crippen molar-refractivity contribution in [3.8, 4) is 0 Å². The van der Waals surface area contributed by atoms with Gasteiger partial charge in [0.05, 0.1) is 0 Å². The molecule has 0 spiro atoms. The van der Waals surface area contributed by atoms with E-state index in [1.807, 2.05) is 0 Å². The largest absolute Gasteiger partial charge is 0.352 e. The normalized spacial score (nSPS) is 17.6. The summed E-state index contributed by atoms with van der Waals surface area (Å²) in [6.07, 6.45) is 2.21. The first-order chi connectivity index (χ1) is 8.35. The maximum Gasteiger partial charge on any atom is 0.183 e. The van der Waals surface area contributed by atoms with Crippen LogP contribution in [0.1, 0.15) is 36.2 Å². The van der Waals surface area contributed by atoms with Gasteiger partial charge in [-0.3, -0.25) is 0 Å². The first-order valence-corrected chi connectivity index (χ1v) is 6.21. The number of nitrogens with one attached hydrogen (secondary N) is 1. The third kappa shape index (κ3) is 3.06. The highest BCUT2D eigenvalue weighted by molar-refractivity contribution is 5.26. The quantitative estimate of drug-likeness (QED) is 0.813. The molecule has 0 atom stereocenters. The fourth-order valence-electron chi connectivity index (χ4n) is 2.45. The molecule has 0 amide bonds. The number of methoxy groups -OCH3 is 2. The molecule has 0 radical (unpaired) electrons. The Hall–Kier alpha value is -0.900. The maximum atomic E-state index is 5.24. The minimum atomic E-state index is -0.253. The van der Waals surface area contributed by atoms with Gasteiger partial charge < -0.3 is 14.8 Å². The summed E-state index contributed by atoms with van der Waals surface area (Å²) < 4.78 is 10.5. The van der Waals surface area contributed by atoms with Gasteiger partial charge in [-0.05, 0) is 37.4 Å². The van der Waals surface area contributed by atoms with E-state index in [2.05, 4.69) is 29.6 Å². The van der Waals surface area contributed by atoms with Gasteiger partial charge in [-0.1, -0.05) is 24.3 Å². The molecule has 17 heavy (non-hydrogen) atoms. The highest BCUT2D eigenvalue weighted by Gasteiger charge is 2.15. The third-order valence-corrected chi connectivity index (χ3v) is 3.45. The molecule has 1 saturated heterocycles. The molecule has 0 aliphatic carbocycles. The Kier molecular flexibility index (Phi) is 4.54. The van der Waals surface area contributed by atoms with Crippen LogP contribution in [0, 0.1) is 0 Å². The van der Waals surface area contributed by atoms with Crippen LogP contribution in [0.2, 0.25) is 0 Å². The Morgan fingerprint density at radius 3 is 2.18 bits per heavy atom. The SMILES string of the molecule is COC(OC)c1ccc(C2CCNCC2)cc1. The third-order valence-electron chi connectivity index (χ3n) is 3.45. The van der Waals surface area contributed by atoms with Gasteiger partial charge in [-0.2, -0.15) is 0 Å². The van der Waals surface area contributed by atoms with E-state index in [1.54, 1.807) is 14.2 Å². The molecule has 1 aromatic rings. The summed E-state index contributed by atoms with van der Waals surface area (Å²) in [5.41, 5.74) is 2.51. The van der Waals surface area contributed by atoms with Crippen molar-refractivity contribution in [2.75, 3.05) is 27.3 Å². The van der Waals surface area contributed by atoms with Gasteiger partial charge >= 0.3 is 0 Å². The molecule has 1 N–H and O–H groups in total. The lowest BCUT2D eigenvalue weighted by Crippen LogP contribution is -2.26. The second-order valence-corrected chi connectivity index (χ2v) is 4.49. The van der Waals surface area contributed by atoms with Crippen molar-refractivity contribution in [2.24, 2.45) is 0 Å². The lowest BCUT2D eigenvalue weighted by Gasteiger charge is -2.23. The van der Waals surface area contributed by atoms with Crippen molar-refractivity contribution < 1.29 is 9.47 Å². The van der Waals surface area contributed by atoms with Crippen LogP contribution in [0.25, 0.3) is 0 Å². The van der Waals surface area contributed by atoms with Crippen molar-refractivity contribution in [1.29, 1.82) is 0 Å². The fraction of sp³-hybridized carbons (Fsp3) is 0.571. The maximum absolute atomic E-state index is 5.24. The van der Waals surface area contributed by atoms with E-state index in [4.69, 9.17) is 9.47 Å². The zero-order valence-corrected chi connectivity index (χ0v) is 10.6. The molecule has 2 rings (SSSR count). The Morgan fingerprint density at radius 2 is 1.65 bits per heavy atom. The Bertz CT molecular complexity index is 327. The van der Waals surface area contributed by atoms with Gasteiger partial charge in [0.1, 0.15) is 0 Å². The standard InChI is InChI=1S/C14H21NO2/c1-16-14(17-2)13-5-3-11(4-6-13)12-7-9-15-10-8-12/h3-6,12,14-15H,7-10H2,1-2H3. The fourth-order valence-corrected chi connectivity index (χ4v) is 2.45. The first kappa shape index (κ1) is 12.6. The average molecular weight is 235 g/mol. The monoisotopic (exact) mass is 235 g/mol. The van der Waals surface area contributed by atoms with Crippen LogP contribution >= 0.6 is 0 Å². The highest BCUT2D eigenvalue weighted by Crippen LogP contribution is 2.27. The van der Waals surface area contributed by atoms with E-state index in [1.165, 1.54) is 18.4 Å². The summed E-state index contributed by atoms with van der Waals surface area (Å²) in [5, 5.41) is 3.39. The van der Waals surface area contributed by atoms with Crippen LogP contribution in [0.3, 0.4) is 0 Å². The topological polar surface area (TPSA) is 30.5 Å². The van der Waals surface area contributed by atoms with E-state index in [0.29, 0.717) is 5.92 Å². The number of benzene rings is 1. The molecule has 1 aromatic carbocycles. The molecule has 1 heterocycles. The predicted molar refractivity (Wildman–Crippen MR) is 68.0 cm³/mol. The number of ether oxygens (including phenoxy) is 2. The minimum Gasteiger partial charge on any atom is -0.352 e. The van der Waals surface area contributed by atoms with Crippen molar-refractivity contribution in [1.82, 2.24) is 5.32 Å². The van der Waals surface area contributed by atoms with Gasteiger partial charge in [-0.25, -0.2) is 0 Å². The summed E-state index contributed by atoms with van der Waals surface area (Å²) in [4.78, 5) is 0. The molecule has 1 fully saturated rings. The van der Waals surface area contributed by atoms with Gasteiger partial charge in [0.2, 0.25) is 0 Å². The molecule has 0 unspecified atom stereocenters. The second-order valence-electron chi connectivity index (χ2n) is 4.49. The van der Waals surface area contributed by atoms with Gasteiger partial charge in [-0.15, -0.1) is 0 Å². The molecular formula is C14H21NO2. The molecule has 1 aliphatic rings. The van der Waals surface area contributed by atoms with E-state index >= 15 is 0 Å². The number of hydrogen-bond donors (Lipinski definition) is 1. The minimum absolute atomic E-state index is 0.253. The lowest BCUT2D eigenvalue weighted by molar-refractivity contribution is -0.106. The van der Waals surface area contributed by atoms with Crippen LogP contribution < -0.4 is 5.32 Å². The van der Waals surface area contributed by atoms with Crippen molar-refractivity contribution in [2.45, 2.75) is 25.0 Å². The smallest absolute Gasteiger partial charge is 0.183 e. The average Bonchev–Trinajstić information content (AvgIpc) is 2.42. The number of rotatable bonds is 4. The molecule has 94 valence electrons. The van der Waals surface area contributed by atoms with E-state index in [-0.39, 0.29) is 6.29 Å². The van der Waals surface area contributed by atoms with Crippen LogP contribution in [-0.4, -0.2) is 27.3 Å². The summed E-state index contributed by atoms with van der Waals surface area (Å²) in [6.45, 7) is 2.26. The van der Waals surface area contributed by atoms with Crippen LogP contribution in [-0.2, 0) is 9.47 Å². The Labute approximate surface area is 103 Å². The summed E-state index contributed by atoms with van der Waals surface area (Å²) in [6, 6.07) is 8.62. The zero-order chi connectivity index (χ0) is 12.1. The predicted octanol–water partition coefficient (Wildman–Crippen LogP) is 2.45. The molecule has 0 bridgehead atoms. The van der Waals surface area contributed by atoms with Crippen LogP contribution in [0.4, 0.5) is 0 Å². The zero-order valence-electron chi connectivity index (χ0n) is 10.6. The lowest BCUT2D eigenvalue weighted by atomic mass is 9.90. The van der Waals surface area contributed by atoms with Crippen LogP contribution in [0.15, 0.2) is 24.3 Å². The van der Waals surface area contributed by atoms with Crippen molar-refractivity contribution in [3.05, 3.63) is 35.4 Å². The molecule has 3 heteroatoms. The molecule has 0 saturated carbocycles. The van der Waals surface area contributed by atoms with E-state index < -0.39 is 0 Å². The Morgan fingerprint density at radius 1 is 1.06 bits per heavy atom. The van der Waals surface area contributed by atoms with E-state index in [0.717, 1.165) is 18.7 Å². The second kappa shape index (κ2) is 6.15. The summed E-state index contributed by atoms with van der Waals surface area (Å²) in [7, 11) is 3.32. The van der Waals surface area contributed by atoms with Gasteiger partial charge in [0.15, 0.2) is 6.29 Å². The van der Waals surface area contributed by atoms with E-state index in [9.17, 15) is 0 Å². The molecule has 1 aliphatic heterocycles. The molecule has 3 nitrogen and oxygen atoms in total. The highest BCUT2D eigenvalue weighted by atomic mass is 16.7. The molecule has 0 aromatic heterocycles. The van der Waals surface area contributed by atoms with Gasteiger partial charge in [0, 0.05) is 19.8 Å². The van der Waals surface area contributed by atoms with Gasteiger partial charge in [0.25, 0.3) is 0 Å². The summed E-state index contributed by atoms with van der Waals surface area (Å²) in [5.74, 6) is 0.703. The Balaban J connectivity index is 2.06. The van der Waals surface area contributed by atoms with Crippen molar-refractivity contribution in [3.63, 3.8) is 0 Å².